The highest BCUT2D eigenvalue weighted by Crippen LogP contribution is 2.23. The zero-order valence-electron chi connectivity index (χ0n) is 7.89. The van der Waals surface area contributed by atoms with Gasteiger partial charge in [0.1, 0.15) is 0 Å². The van der Waals surface area contributed by atoms with Gasteiger partial charge in [-0.15, -0.1) is 0 Å². The van der Waals surface area contributed by atoms with Gasteiger partial charge in [0, 0.05) is 12.2 Å². The van der Waals surface area contributed by atoms with E-state index >= 15 is 0 Å². The number of hydrogen-bond acceptors (Lipinski definition) is 3. The van der Waals surface area contributed by atoms with Gasteiger partial charge in [-0.1, -0.05) is 20.4 Å². The predicted molar refractivity (Wildman–Crippen MR) is 46.6 cm³/mol. The smallest absolute Gasteiger partial charge is 0.333 e. The lowest BCUT2D eigenvalue weighted by molar-refractivity contribution is -0.136. The molecule has 0 aliphatic rings. The molecule has 0 atom stereocenters. The fourth-order valence-corrected chi connectivity index (χ4v) is 0.850. The molecule has 12 heavy (non-hydrogen) atoms. The van der Waals surface area contributed by atoms with Crippen LogP contribution < -0.4 is 0 Å². The third kappa shape index (κ3) is 3.53. The summed E-state index contributed by atoms with van der Waals surface area (Å²) in [4.78, 5) is 10.9. The summed E-state index contributed by atoms with van der Waals surface area (Å²) in [5, 5.41) is 8.90. The second kappa shape index (κ2) is 4.26. The maximum absolute atomic E-state index is 10.9. The number of esters is 1. The number of carbonyl (C=O) groups excluding carboxylic acids is 1. The molecule has 0 aromatic heterocycles. The molecule has 0 heterocycles. The maximum atomic E-state index is 10.9. The fraction of sp³-hybridized carbons (Fsp3) is 0.667. The molecule has 70 valence electrons. The minimum Gasteiger partial charge on any atom is -0.466 e. The van der Waals surface area contributed by atoms with E-state index in [2.05, 4.69) is 11.3 Å². The molecule has 0 amide bonds. The highest BCUT2D eigenvalue weighted by atomic mass is 16.5. The number of aliphatic hydroxyl groups excluding tert-OH is 1. The van der Waals surface area contributed by atoms with E-state index < -0.39 is 5.97 Å². The maximum Gasteiger partial charge on any atom is 0.333 e. The number of ether oxygens (including phenoxy) is 1. The summed E-state index contributed by atoms with van der Waals surface area (Å²) in [6.07, 6.45) is 0.455. The monoisotopic (exact) mass is 172 g/mol. The molecule has 1 N–H and O–H groups in total. The van der Waals surface area contributed by atoms with Gasteiger partial charge in [0.25, 0.3) is 0 Å². The Balaban J connectivity index is 4.09. The topological polar surface area (TPSA) is 46.5 Å². The van der Waals surface area contributed by atoms with Crippen LogP contribution in [0.4, 0.5) is 0 Å². The minimum absolute atomic E-state index is 0.0308. The van der Waals surface area contributed by atoms with Gasteiger partial charge in [-0.25, -0.2) is 4.79 Å². The Morgan fingerprint density at radius 3 is 2.42 bits per heavy atom. The van der Waals surface area contributed by atoms with Gasteiger partial charge in [0.05, 0.1) is 7.11 Å². The highest BCUT2D eigenvalue weighted by Gasteiger charge is 2.21. The summed E-state index contributed by atoms with van der Waals surface area (Å²) in [7, 11) is 1.32. The van der Waals surface area contributed by atoms with Gasteiger partial charge in [0.2, 0.25) is 0 Å². The van der Waals surface area contributed by atoms with E-state index in [-0.39, 0.29) is 12.0 Å². The lowest BCUT2D eigenvalue weighted by atomic mass is 9.87. The Morgan fingerprint density at radius 1 is 1.58 bits per heavy atom. The molecule has 3 nitrogen and oxygen atoms in total. The molecule has 3 heteroatoms. The van der Waals surface area contributed by atoms with E-state index in [4.69, 9.17) is 5.11 Å². The molecule has 0 radical (unpaired) electrons. The van der Waals surface area contributed by atoms with Crippen LogP contribution in [0.15, 0.2) is 12.2 Å². The summed E-state index contributed by atoms with van der Waals surface area (Å²) >= 11 is 0. The van der Waals surface area contributed by atoms with Crippen LogP contribution in [0.3, 0.4) is 0 Å². The molecule has 0 rings (SSSR count). The molecular weight excluding hydrogens is 156 g/mol. The Morgan fingerprint density at radius 2 is 2.08 bits per heavy atom. The van der Waals surface area contributed by atoms with Crippen molar-refractivity contribution in [3.05, 3.63) is 12.2 Å². The molecule has 0 saturated carbocycles. The van der Waals surface area contributed by atoms with Crippen LogP contribution in [0.1, 0.15) is 20.3 Å². The van der Waals surface area contributed by atoms with Gasteiger partial charge in [-0.05, 0) is 11.8 Å². The van der Waals surface area contributed by atoms with E-state index in [1.807, 2.05) is 13.8 Å². The van der Waals surface area contributed by atoms with Gasteiger partial charge < -0.3 is 9.84 Å². The number of aliphatic hydroxyl groups is 1. The van der Waals surface area contributed by atoms with E-state index in [1.54, 1.807) is 0 Å². The summed E-state index contributed by atoms with van der Waals surface area (Å²) < 4.78 is 4.48. The normalized spacial score (nSPS) is 11.0. The van der Waals surface area contributed by atoms with E-state index in [0.717, 1.165) is 0 Å². The third-order valence-corrected chi connectivity index (χ3v) is 1.59. The number of rotatable bonds is 4. The third-order valence-electron chi connectivity index (χ3n) is 1.59. The Kier molecular flexibility index (Phi) is 3.96. The Bertz CT molecular complexity index is 182. The largest absolute Gasteiger partial charge is 0.466 e. The van der Waals surface area contributed by atoms with Crippen molar-refractivity contribution in [2.45, 2.75) is 20.3 Å². The predicted octanol–water partition coefficient (Wildman–Crippen LogP) is 1.12. The minimum atomic E-state index is -0.406. The van der Waals surface area contributed by atoms with Crippen LogP contribution in [0.25, 0.3) is 0 Å². The standard InChI is InChI=1S/C9H16O3/c1-7(8(11)12-4)5-9(2,3)6-10/h10H,1,5-6H2,2-4H3. The second-order valence-corrected chi connectivity index (χ2v) is 3.59. The van der Waals surface area contributed by atoms with Crippen molar-refractivity contribution in [1.82, 2.24) is 0 Å². The molecule has 0 aromatic rings. The molecule has 0 bridgehead atoms. The van der Waals surface area contributed by atoms with Crippen LogP contribution >= 0.6 is 0 Å². The lowest BCUT2D eigenvalue weighted by Gasteiger charge is -2.21. The zero-order chi connectivity index (χ0) is 9.78. The van der Waals surface area contributed by atoms with Crippen molar-refractivity contribution < 1.29 is 14.6 Å². The summed E-state index contributed by atoms with van der Waals surface area (Å²) in [5.74, 6) is -0.406. The first kappa shape index (κ1) is 11.2. The molecule has 0 unspecified atom stereocenters. The van der Waals surface area contributed by atoms with Crippen LogP contribution in [-0.4, -0.2) is 24.8 Å². The van der Waals surface area contributed by atoms with Crippen LogP contribution in [-0.2, 0) is 9.53 Å². The molecule has 0 aliphatic heterocycles. The zero-order valence-corrected chi connectivity index (χ0v) is 7.89. The molecule has 0 spiro atoms. The van der Waals surface area contributed by atoms with Crippen molar-refractivity contribution in [2.75, 3.05) is 13.7 Å². The molecule has 0 aromatic carbocycles. The van der Waals surface area contributed by atoms with E-state index in [1.165, 1.54) is 7.11 Å². The van der Waals surface area contributed by atoms with Gasteiger partial charge >= 0.3 is 5.97 Å². The average molecular weight is 172 g/mol. The van der Waals surface area contributed by atoms with E-state index in [9.17, 15) is 4.79 Å². The SMILES string of the molecule is C=C(CC(C)(C)CO)C(=O)OC. The van der Waals surface area contributed by atoms with Crippen molar-refractivity contribution in [3.63, 3.8) is 0 Å². The number of hydrogen-bond donors (Lipinski definition) is 1. The number of carbonyl (C=O) groups is 1. The van der Waals surface area contributed by atoms with Crippen LogP contribution in [0, 0.1) is 5.41 Å². The first-order valence-corrected chi connectivity index (χ1v) is 3.80. The Hall–Kier alpha value is -0.830. The van der Waals surface area contributed by atoms with Gasteiger partial charge in [-0.3, -0.25) is 0 Å². The van der Waals surface area contributed by atoms with Crippen molar-refractivity contribution in [1.29, 1.82) is 0 Å². The Labute approximate surface area is 73.0 Å². The van der Waals surface area contributed by atoms with Crippen molar-refractivity contribution >= 4 is 5.97 Å². The fourth-order valence-electron chi connectivity index (χ4n) is 0.850. The molecule has 0 aliphatic carbocycles. The number of methoxy groups -OCH3 is 1. The van der Waals surface area contributed by atoms with Crippen LogP contribution in [0.2, 0.25) is 0 Å². The average Bonchev–Trinajstić information content (AvgIpc) is 2.02. The van der Waals surface area contributed by atoms with Gasteiger partial charge in [0.15, 0.2) is 0 Å². The lowest BCUT2D eigenvalue weighted by Crippen LogP contribution is -2.20. The molecule has 0 fully saturated rings. The summed E-state index contributed by atoms with van der Waals surface area (Å²) in [6, 6.07) is 0. The summed E-state index contributed by atoms with van der Waals surface area (Å²) in [5.41, 5.74) is 0.0993. The van der Waals surface area contributed by atoms with Crippen LogP contribution in [0.5, 0.6) is 0 Å². The van der Waals surface area contributed by atoms with Crippen molar-refractivity contribution in [3.8, 4) is 0 Å². The van der Waals surface area contributed by atoms with E-state index in [0.29, 0.717) is 12.0 Å². The first-order chi connectivity index (χ1) is 5.43. The molecular formula is C9H16O3. The first-order valence-electron chi connectivity index (χ1n) is 3.80. The summed E-state index contributed by atoms with van der Waals surface area (Å²) in [6.45, 7) is 7.33. The molecule has 0 saturated heterocycles. The quantitative estimate of drug-likeness (QED) is 0.510. The van der Waals surface area contributed by atoms with Gasteiger partial charge in [-0.2, -0.15) is 0 Å². The van der Waals surface area contributed by atoms with Crippen molar-refractivity contribution in [2.24, 2.45) is 5.41 Å². The highest BCUT2D eigenvalue weighted by molar-refractivity contribution is 5.87. The second-order valence-electron chi connectivity index (χ2n) is 3.59.